The fourth-order valence-corrected chi connectivity index (χ4v) is 1.46. The van der Waals surface area contributed by atoms with Gasteiger partial charge in [0.1, 0.15) is 5.75 Å². The summed E-state index contributed by atoms with van der Waals surface area (Å²) in [5, 5.41) is 10.9. The van der Waals surface area contributed by atoms with Crippen LogP contribution in [-0.4, -0.2) is 24.1 Å². The minimum absolute atomic E-state index is 0.460. The average molecular weight is 300 g/mol. The molecule has 0 fully saturated rings. The number of benzene rings is 1. The second-order valence-electron chi connectivity index (χ2n) is 3.01. The van der Waals surface area contributed by atoms with Crippen LogP contribution in [0.1, 0.15) is 0 Å². The summed E-state index contributed by atoms with van der Waals surface area (Å²) in [5.41, 5.74) is 0.460. The lowest BCUT2D eigenvalue weighted by Crippen LogP contribution is -2.09. The highest BCUT2D eigenvalue weighted by atomic mass is 79.9. The number of nitrogens with one attached hydrogen (secondary N) is 1. The summed E-state index contributed by atoms with van der Waals surface area (Å²) in [7, 11) is 1.48. The summed E-state index contributed by atoms with van der Waals surface area (Å²) in [6.07, 6.45) is 1.70. The number of carbonyl (C=O) groups is 2. The number of halogens is 1. The monoisotopic (exact) mass is 299 g/mol. The van der Waals surface area contributed by atoms with Crippen LogP contribution in [0.15, 0.2) is 34.8 Å². The third-order valence-corrected chi connectivity index (χ3v) is 2.29. The Morgan fingerprint density at radius 1 is 1.41 bits per heavy atom. The number of carboxylic acids is 1. The summed E-state index contributed by atoms with van der Waals surface area (Å²) in [4.78, 5) is 21.6. The number of hydrogen-bond donors (Lipinski definition) is 2. The van der Waals surface area contributed by atoms with Gasteiger partial charge in [0.15, 0.2) is 0 Å². The van der Waals surface area contributed by atoms with Crippen LogP contribution in [0, 0.1) is 0 Å². The second kappa shape index (κ2) is 6.05. The van der Waals surface area contributed by atoms with Gasteiger partial charge in [-0.2, -0.15) is 0 Å². The lowest BCUT2D eigenvalue weighted by Gasteiger charge is -2.08. The molecule has 90 valence electrons. The Kier molecular flexibility index (Phi) is 4.71. The van der Waals surface area contributed by atoms with Crippen molar-refractivity contribution >= 4 is 33.5 Å². The molecule has 0 atom stereocenters. The van der Waals surface area contributed by atoms with E-state index in [1.54, 1.807) is 18.2 Å². The molecule has 0 aliphatic carbocycles. The van der Waals surface area contributed by atoms with Gasteiger partial charge in [0.05, 0.1) is 12.8 Å². The standard InChI is InChI=1S/C11H10BrNO4/c1-17-9-3-2-7(12)6-8(9)13-10(14)4-5-11(15)16/h2-6H,1H3,(H,13,14)(H,15,16). The summed E-state index contributed by atoms with van der Waals surface area (Å²) < 4.78 is 5.82. The fraction of sp³-hybridized carbons (Fsp3) is 0.0909. The number of amides is 1. The van der Waals surface area contributed by atoms with Crippen LogP contribution in [0.25, 0.3) is 0 Å². The highest BCUT2D eigenvalue weighted by Crippen LogP contribution is 2.27. The molecule has 2 N–H and O–H groups in total. The Balaban J connectivity index is 2.83. The topological polar surface area (TPSA) is 75.6 Å². The molecule has 1 amide bonds. The molecule has 0 unspecified atom stereocenters. The molecule has 0 heterocycles. The Labute approximate surface area is 106 Å². The van der Waals surface area contributed by atoms with Crippen molar-refractivity contribution in [2.45, 2.75) is 0 Å². The van der Waals surface area contributed by atoms with Gasteiger partial charge < -0.3 is 15.2 Å². The quantitative estimate of drug-likeness (QED) is 0.834. The number of anilines is 1. The number of carboxylic acid groups (broad SMARTS) is 1. The largest absolute Gasteiger partial charge is 0.495 e. The van der Waals surface area contributed by atoms with Crippen LogP contribution in [0.4, 0.5) is 5.69 Å². The van der Waals surface area contributed by atoms with Crippen LogP contribution in [-0.2, 0) is 9.59 Å². The van der Waals surface area contributed by atoms with Crippen molar-refractivity contribution in [3.05, 3.63) is 34.8 Å². The van der Waals surface area contributed by atoms with Gasteiger partial charge in [-0.3, -0.25) is 4.79 Å². The van der Waals surface area contributed by atoms with Gasteiger partial charge in [0.25, 0.3) is 0 Å². The maximum atomic E-state index is 11.4. The first-order valence-corrected chi connectivity index (χ1v) is 5.37. The molecule has 0 aliphatic rings. The Morgan fingerprint density at radius 3 is 2.71 bits per heavy atom. The third-order valence-electron chi connectivity index (χ3n) is 1.80. The van der Waals surface area contributed by atoms with Gasteiger partial charge in [0, 0.05) is 16.6 Å². The smallest absolute Gasteiger partial charge is 0.328 e. The number of rotatable bonds is 4. The fourth-order valence-electron chi connectivity index (χ4n) is 1.10. The summed E-state index contributed by atoms with van der Waals surface area (Å²) in [6, 6.07) is 5.10. The van der Waals surface area contributed by atoms with Gasteiger partial charge in [-0.05, 0) is 18.2 Å². The van der Waals surface area contributed by atoms with Crippen LogP contribution in [0.5, 0.6) is 5.75 Å². The van der Waals surface area contributed by atoms with Crippen molar-refractivity contribution in [1.82, 2.24) is 0 Å². The predicted molar refractivity (Wildman–Crippen MR) is 66.1 cm³/mol. The number of ether oxygens (including phenoxy) is 1. The Bertz CT molecular complexity index is 471. The molecule has 0 spiro atoms. The number of hydrogen-bond acceptors (Lipinski definition) is 3. The molecule has 5 nitrogen and oxygen atoms in total. The van der Waals surface area contributed by atoms with E-state index in [9.17, 15) is 9.59 Å². The van der Waals surface area contributed by atoms with Crippen molar-refractivity contribution in [1.29, 1.82) is 0 Å². The van der Waals surface area contributed by atoms with E-state index in [4.69, 9.17) is 9.84 Å². The normalized spacial score (nSPS) is 10.2. The first kappa shape index (κ1) is 13.2. The maximum absolute atomic E-state index is 11.4. The van der Waals surface area contributed by atoms with Crippen molar-refractivity contribution < 1.29 is 19.4 Å². The summed E-state index contributed by atoms with van der Waals surface area (Å²) >= 11 is 3.26. The van der Waals surface area contributed by atoms with Crippen molar-refractivity contribution in [3.63, 3.8) is 0 Å². The Morgan fingerprint density at radius 2 is 2.12 bits per heavy atom. The van der Waals surface area contributed by atoms with Gasteiger partial charge in [0.2, 0.25) is 5.91 Å². The molecule has 0 aromatic heterocycles. The number of carbonyl (C=O) groups excluding carboxylic acids is 1. The highest BCUT2D eigenvalue weighted by molar-refractivity contribution is 9.10. The zero-order valence-corrected chi connectivity index (χ0v) is 10.5. The number of aliphatic carboxylic acids is 1. The van der Waals surface area contributed by atoms with E-state index in [-0.39, 0.29) is 0 Å². The molecule has 0 saturated heterocycles. The molecule has 0 radical (unpaired) electrons. The van der Waals surface area contributed by atoms with Crippen molar-refractivity contribution in [3.8, 4) is 5.75 Å². The number of methoxy groups -OCH3 is 1. The second-order valence-corrected chi connectivity index (χ2v) is 3.92. The van der Waals surface area contributed by atoms with E-state index in [0.717, 1.165) is 16.6 Å². The molecule has 0 saturated carbocycles. The average Bonchev–Trinajstić information content (AvgIpc) is 2.27. The van der Waals surface area contributed by atoms with Gasteiger partial charge in [-0.15, -0.1) is 0 Å². The third kappa shape index (κ3) is 4.28. The SMILES string of the molecule is COc1ccc(Br)cc1NC(=O)C=CC(=O)O. The highest BCUT2D eigenvalue weighted by Gasteiger charge is 2.06. The molecule has 0 bridgehead atoms. The van der Waals surface area contributed by atoms with Crippen LogP contribution >= 0.6 is 15.9 Å². The Hall–Kier alpha value is -1.82. The first-order chi connectivity index (χ1) is 8.02. The lowest BCUT2D eigenvalue weighted by molar-refractivity contribution is -0.131. The molecule has 1 rings (SSSR count). The van der Waals surface area contributed by atoms with Crippen LogP contribution in [0.3, 0.4) is 0 Å². The van der Waals surface area contributed by atoms with E-state index in [0.29, 0.717) is 11.4 Å². The molecule has 1 aromatic rings. The van der Waals surface area contributed by atoms with Crippen molar-refractivity contribution in [2.24, 2.45) is 0 Å². The molecule has 1 aromatic carbocycles. The lowest BCUT2D eigenvalue weighted by atomic mass is 10.3. The molecular weight excluding hydrogens is 290 g/mol. The predicted octanol–water partition coefficient (Wildman–Crippen LogP) is 2.04. The van der Waals surface area contributed by atoms with Crippen molar-refractivity contribution in [2.75, 3.05) is 12.4 Å². The van der Waals surface area contributed by atoms with Crippen LogP contribution < -0.4 is 10.1 Å². The summed E-state index contributed by atoms with van der Waals surface area (Å²) in [6.45, 7) is 0. The van der Waals surface area contributed by atoms with E-state index in [2.05, 4.69) is 21.2 Å². The van der Waals surface area contributed by atoms with E-state index < -0.39 is 11.9 Å². The molecule has 6 heteroatoms. The van der Waals surface area contributed by atoms with E-state index in [1.807, 2.05) is 0 Å². The van der Waals surface area contributed by atoms with E-state index >= 15 is 0 Å². The molecule has 17 heavy (non-hydrogen) atoms. The maximum Gasteiger partial charge on any atom is 0.328 e. The van der Waals surface area contributed by atoms with Gasteiger partial charge >= 0.3 is 5.97 Å². The molecular formula is C11H10BrNO4. The zero-order valence-electron chi connectivity index (χ0n) is 8.94. The first-order valence-electron chi connectivity index (χ1n) is 4.58. The summed E-state index contributed by atoms with van der Waals surface area (Å²) in [5.74, 6) is -1.23. The van der Waals surface area contributed by atoms with Gasteiger partial charge in [-0.1, -0.05) is 15.9 Å². The zero-order chi connectivity index (χ0) is 12.8. The minimum atomic E-state index is -1.18. The van der Waals surface area contributed by atoms with E-state index in [1.165, 1.54) is 7.11 Å². The van der Waals surface area contributed by atoms with Crippen LogP contribution in [0.2, 0.25) is 0 Å². The molecule has 0 aliphatic heterocycles. The minimum Gasteiger partial charge on any atom is -0.495 e. The van der Waals surface area contributed by atoms with Gasteiger partial charge in [-0.25, -0.2) is 4.79 Å².